The van der Waals surface area contributed by atoms with E-state index in [1.54, 1.807) is 18.2 Å². The molecule has 4 N–H and O–H groups in total. The summed E-state index contributed by atoms with van der Waals surface area (Å²) in [6.07, 6.45) is 0. The Hall–Kier alpha value is -4.38. The van der Waals surface area contributed by atoms with Gasteiger partial charge in [-0.15, -0.1) is 5.10 Å². The van der Waals surface area contributed by atoms with Crippen LogP contribution in [0, 0.1) is 0 Å². The van der Waals surface area contributed by atoms with Gasteiger partial charge >= 0.3 is 0 Å². The minimum absolute atomic E-state index is 0.0145. The first-order valence-electron chi connectivity index (χ1n) is 9.75. The van der Waals surface area contributed by atoms with E-state index in [1.165, 1.54) is 4.68 Å². The minimum Gasteiger partial charge on any atom is -0.378 e. The van der Waals surface area contributed by atoms with Gasteiger partial charge < -0.3 is 10.6 Å². The number of hydrogen-bond acceptors (Lipinski definition) is 9. The van der Waals surface area contributed by atoms with E-state index in [1.807, 2.05) is 48.3 Å². The van der Waals surface area contributed by atoms with Crippen LogP contribution in [0.1, 0.15) is 21.7 Å². The third-order valence-corrected chi connectivity index (χ3v) is 5.11. The van der Waals surface area contributed by atoms with E-state index in [2.05, 4.69) is 42.7 Å². The highest BCUT2D eigenvalue weighted by molar-refractivity contribution is 6.32. The lowest BCUT2D eigenvalue weighted by atomic mass is 10.2. The number of nitrogen functional groups attached to an aromatic ring is 1. The van der Waals surface area contributed by atoms with Crippen LogP contribution in [0.3, 0.4) is 0 Å². The highest BCUT2D eigenvalue weighted by Crippen LogP contribution is 2.22. The molecule has 0 spiro atoms. The first-order valence-corrected chi connectivity index (χ1v) is 10.1. The molecule has 0 radical (unpaired) electrons. The Balaban J connectivity index is 1.60. The summed E-state index contributed by atoms with van der Waals surface area (Å²) in [6, 6.07) is 16.8. The minimum atomic E-state index is -0.541. The second kappa shape index (κ2) is 9.40. The summed E-state index contributed by atoms with van der Waals surface area (Å²) in [4.78, 5) is 14.9. The zero-order chi connectivity index (χ0) is 23.4. The lowest BCUT2D eigenvalue weighted by Gasteiger charge is -2.20. The topological polar surface area (TPSA) is 140 Å². The van der Waals surface area contributed by atoms with Crippen molar-refractivity contribution < 1.29 is 9.42 Å². The summed E-state index contributed by atoms with van der Waals surface area (Å²) in [5.41, 5.74) is 13.6. The monoisotopic (exact) mass is 465 g/mol. The number of carbonyl (C=O) groups excluding carboxylic acids is 1. The van der Waals surface area contributed by atoms with Crippen molar-refractivity contribution in [2.45, 2.75) is 6.54 Å². The van der Waals surface area contributed by atoms with Crippen molar-refractivity contribution in [3.63, 3.8) is 0 Å². The van der Waals surface area contributed by atoms with Crippen LogP contribution in [-0.4, -0.2) is 38.3 Å². The zero-order valence-corrected chi connectivity index (χ0v) is 18.3. The van der Waals surface area contributed by atoms with Gasteiger partial charge in [-0.2, -0.15) is 4.68 Å². The number of hydrogen-bond donors (Lipinski definition) is 3. The maximum Gasteiger partial charge on any atom is 0.292 e. The summed E-state index contributed by atoms with van der Waals surface area (Å²) in [5.74, 6) is -0.395. The van der Waals surface area contributed by atoms with Crippen molar-refractivity contribution in [3.05, 3.63) is 83.2 Å². The second-order valence-corrected chi connectivity index (χ2v) is 7.41. The van der Waals surface area contributed by atoms with Crippen LogP contribution >= 0.6 is 11.6 Å². The summed E-state index contributed by atoms with van der Waals surface area (Å²) < 4.78 is 6.01. The fraction of sp³-hybridized carbons (Fsp3) is 0.0952. The van der Waals surface area contributed by atoms with Crippen LogP contribution in [0.5, 0.6) is 0 Å². The molecule has 0 unspecified atom stereocenters. The maximum absolute atomic E-state index is 13.0. The molecule has 4 aromatic rings. The number of anilines is 2. The smallest absolute Gasteiger partial charge is 0.292 e. The predicted molar refractivity (Wildman–Crippen MR) is 123 cm³/mol. The Morgan fingerprint density at radius 3 is 2.58 bits per heavy atom. The van der Waals surface area contributed by atoms with Crippen molar-refractivity contribution >= 4 is 34.7 Å². The van der Waals surface area contributed by atoms with Crippen molar-refractivity contribution in [1.82, 2.24) is 36.2 Å². The number of carbonyl (C=O) groups is 1. The largest absolute Gasteiger partial charge is 0.378 e. The van der Waals surface area contributed by atoms with Gasteiger partial charge in [-0.25, -0.2) is 4.63 Å². The number of halogens is 1. The Morgan fingerprint density at radius 1 is 1.15 bits per heavy atom. The highest BCUT2D eigenvalue weighted by Gasteiger charge is 2.25. The maximum atomic E-state index is 13.0. The molecule has 0 aliphatic carbocycles. The van der Waals surface area contributed by atoms with Gasteiger partial charge in [0.05, 0.1) is 17.9 Å². The molecule has 0 atom stereocenters. The molecule has 0 saturated carbocycles. The molecule has 4 rings (SSSR count). The van der Waals surface area contributed by atoms with Crippen molar-refractivity contribution in [2.75, 3.05) is 17.7 Å². The van der Waals surface area contributed by atoms with Gasteiger partial charge in [0, 0.05) is 23.3 Å². The van der Waals surface area contributed by atoms with Gasteiger partial charge in [-0.3, -0.25) is 15.6 Å². The van der Waals surface area contributed by atoms with E-state index >= 15 is 0 Å². The van der Waals surface area contributed by atoms with E-state index < -0.39 is 5.91 Å². The SMILES string of the molecule is C=C(NNC(=O)c1nnn(-c2nonc2N)c1CN(C)c1ccccc1)c1ccccc1Cl. The average molecular weight is 466 g/mol. The van der Waals surface area contributed by atoms with Gasteiger partial charge in [0.25, 0.3) is 5.91 Å². The number of para-hydroxylation sites is 1. The van der Waals surface area contributed by atoms with Crippen molar-refractivity contribution in [1.29, 1.82) is 0 Å². The van der Waals surface area contributed by atoms with Gasteiger partial charge in [0.2, 0.25) is 11.6 Å². The van der Waals surface area contributed by atoms with Crippen LogP contribution < -0.4 is 21.5 Å². The Bertz CT molecular complexity index is 1290. The molecule has 0 saturated heterocycles. The van der Waals surface area contributed by atoms with E-state index in [-0.39, 0.29) is 23.9 Å². The lowest BCUT2D eigenvalue weighted by Crippen LogP contribution is -2.37. The highest BCUT2D eigenvalue weighted by atomic mass is 35.5. The van der Waals surface area contributed by atoms with Gasteiger partial charge in [0.15, 0.2) is 5.69 Å². The number of nitrogens with one attached hydrogen (secondary N) is 2. The first-order chi connectivity index (χ1) is 16.0. The van der Waals surface area contributed by atoms with E-state index in [0.29, 0.717) is 22.0 Å². The molecular weight excluding hydrogens is 446 g/mol. The second-order valence-electron chi connectivity index (χ2n) is 7.00. The van der Waals surface area contributed by atoms with Crippen LogP contribution in [0.4, 0.5) is 11.5 Å². The van der Waals surface area contributed by atoms with Gasteiger partial charge in [0.1, 0.15) is 0 Å². The molecular formula is C21H20ClN9O2. The van der Waals surface area contributed by atoms with Crippen molar-refractivity contribution in [2.24, 2.45) is 0 Å². The van der Waals surface area contributed by atoms with Crippen molar-refractivity contribution in [3.8, 4) is 5.82 Å². The van der Waals surface area contributed by atoms with Crippen LogP contribution in [0.2, 0.25) is 5.02 Å². The molecule has 168 valence electrons. The molecule has 0 aliphatic rings. The van der Waals surface area contributed by atoms with Crippen LogP contribution in [0.25, 0.3) is 11.5 Å². The molecule has 2 heterocycles. The fourth-order valence-electron chi connectivity index (χ4n) is 3.09. The first kappa shape index (κ1) is 21.8. The van der Waals surface area contributed by atoms with Crippen LogP contribution in [0.15, 0.2) is 65.8 Å². The van der Waals surface area contributed by atoms with Gasteiger partial charge in [-0.1, -0.05) is 59.8 Å². The third kappa shape index (κ3) is 4.62. The fourth-order valence-corrected chi connectivity index (χ4v) is 3.34. The zero-order valence-electron chi connectivity index (χ0n) is 17.6. The molecule has 2 aromatic heterocycles. The molecule has 0 aliphatic heterocycles. The molecule has 0 bridgehead atoms. The third-order valence-electron chi connectivity index (χ3n) is 4.78. The summed E-state index contributed by atoms with van der Waals surface area (Å²) in [7, 11) is 1.87. The van der Waals surface area contributed by atoms with E-state index in [4.69, 9.17) is 17.3 Å². The number of rotatable bonds is 8. The molecule has 2 aromatic carbocycles. The van der Waals surface area contributed by atoms with E-state index in [9.17, 15) is 4.79 Å². The summed E-state index contributed by atoms with van der Waals surface area (Å²) in [5, 5.41) is 15.9. The van der Waals surface area contributed by atoms with Gasteiger partial charge in [-0.05, 0) is 28.5 Å². The molecule has 1 amide bonds. The normalized spacial score (nSPS) is 10.6. The number of aromatic nitrogens is 5. The van der Waals surface area contributed by atoms with E-state index in [0.717, 1.165) is 5.69 Å². The average Bonchev–Trinajstić information content (AvgIpc) is 3.43. The Labute approximate surface area is 193 Å². The van der Waals surface area contributed by atoms with Crippen LogP contribution in [-0.2, 0) is 6.54 Å². The number of hydrazine groups is 1. The number of nitrogens with zero attached hydrogens (tertiary/aromatic N) is 6. The Morgan fingerprint density at radius 2 is 1.88 bits per heavy atom. The quantitative estimate of drug-likeness (QED) is 0.334. The number of benzene rings is 2. The summed E-state index contributed by atoms with van der Waals surface area (Å²) in [6.45, 7) is 4.17. The predicted octanol–water partition coefficient (Wildman–Crippen LogP) is 2.43. The Kier molecular flexibility index (Phi) is 6.22. The molecule has 12 heteroatoms. The number of nitrogens with two attached hydrogens (primary N) is 1. The number of amides is 1. The molecule has 11 nitrogen and oxygen atoms in total. The summed E-state index contributed by atoms with van der Waals surface area (Å²) >= 11 is 6.19. The lowest BCUT2D eigenvalue weighted by molar-refractivity contribution is 0.0936. The molecule has 33 heavy (non-hydrogen) atoms. The molecule has 0 fully saturated rings. The standard InChI is InChI=1S/C21H20ClN9O2/c1-13(15-10-6-7-11-16(15)22)24-26-21(32)18-17(12-30(2)14-8-4-3-5-9-14)31(29-25-18)20-19(23)27-33-28-20/h3-11,24H,1,12H2,2H3,(H2,23,27)(H,26,32).